The van der Waals surface area contributed by atoms with Gasteiger partial charge in [-0.3, -0.25) is 0 Å². The highest BCUT2D eigenvalue weighted by Crippen LogP contribution is 2.37. The first kappa shape index (κ1) is 8.81. The molecule has 2 aliphatic rings. The molecule has 2 rings (SSSR count). The standard InChI is InChI=1S/C9H16N2O2/c1-12-8-6-9(13-11-8)4-2-7(10)3-5-9/h7H,2-6,10H2,1H3. The molecule has 0 radical (unpaired) electrons. The van der Waals surface area contributed by atoms with E-state index in [0.717, 1.165) is 38.0 Å². The fourth-order valence-electron chi connectivity index (χ4n) is 2.03. The maximum absolute atomic E-state index is 5.83. The predicted octanol–water partition coefficient (Wildman–Crippen LogP) is 1.01. The maximum Gasteiger partial charge on any atom is 0.229 e. The van der Waals surface area contributed by atoms with Crippen LogP contribution in [0, 0.1) is 0 Å². The van der Waals surface area contributed by atoms with Crippen LogP contribution in [0.2, 0.25) is 0 Å². The molecule has 0 aromatic rings. The molecule has 1 spiro atoms. The molecule has 2 N–H and O–H groups in total. The Morgan fingerprint density at radius 1 is 1.54 bits per heavy atom. The summed E-state index contributed by atoms with van der Waals surface area (Å²) < 4.78 is 5.06. The molecule has 4 heteroatoms. The largest absolute Gasteiger partial charge is 0.482 e. The Morgan fingerprint density at radius 2 is 2.23 bits per heavy atom. The fourth-order valence-corrected chi connectivity index (χ4v) is 2.03. The molecule has 0 saturated heterocycles. The molecule has 1 fully saturated rings. The lowest BCUT2D eigenvalue weighted by molar-refractivity contribution is -0.0478. The number of nitrogens with zero attached hydrogens (tertiary/aromatic N) is 1. The minimum absolute atomic E-state index is 0.0821. The summed E-state index contributed by atoms with van der Waals surface area (Å²) in [6, 6.07) is 0.348. The van der Waals surface area contributed by atoms with Gasteiger partial charge in [0.25, 0.3) is 0 Å². The van der Waals surface area contributed by atoms with Crippen molar-refractivity contribution in [3.8, 4) is 0 Å². The predicted molar refractivity (Wildman–Crippen MR) is 49.3 cm³/mol. The zero-order valence-corrected chi connectivity index (χ0v) is 7.95. The van der Waals surface area contributed by atoms with Gasteiger partial charge in [0.1, 0.15) is 5.60 Å². The van der Waals surface area contributed by atoms with Crippen molar-refractivity contribution in [2.45, 2.75) is 43.7 Å². The van der Waals surface area contributed by atoms with Crippen LogP contribution in [-0.4, -0.2) is 24.7 Å². The van der Waals surface area contributed by atoms with E-state index >= 15 is 0 Å². The first-order chi connectivity index (χ1) is 6.24. The number of ether oxygens (including phenoxy) is 1. The topological polar surface area (TPSA) is 56.8 Å². The normalized spacial score (nSPS) is 38.6. The third-order valence-electron chi connectivity index (χ3n) is 2.99. The van der Waals surface area contributed by atoms with Crippen LogP contribution in [-0.2, 0) is 9.57 Å². The summed E-state index contributed by atoms with van der Waals surface area (Å²) in [5, 5.41) is 3.91. The second-order valence-corrected chi connectivity index (χ2v) is 3.98. The summed E-state index contributed by atoms with van der Waals surface area (Å²) in [6.07, 6.45) is 4.89. The quantitative estimate of drug-likeness (QED) is 0.611. The van der Waals surface area contributed by atoms with Gasteiger partial charge in [-0.2, -0.15) is 0 Å². The Bertz CT molecular complexity index is 220. The molecule has 0 aromatic heterocycles. The first-order valence-corrected chi connectivity index (χ1v) is 4.79. The Hall–Kier alpha value is -0.770. The zero-order valence-electron chi connectivity index (χ0n) is 7.95. The number of methoxy groups -OCH3 is 1. The molecule has 0 atom stereocenters. The Morgan fingerprint density at radius 3 is 2.77 bits per heavy atom. The van der Waals surface area contributed by atoms with E-state index in [1.54, 1.807) is 7.11 Å². The molecular weight excluding hydrogens is 168 g/mol. The molecule has 0 aromatic carbocycles. The highest BCUT2D eigenvalue weighted by atomic mass is 16.7. The van der Waals surface area contributed by atoms with E-state index < -0.39 is 0 Å². The van der Waals surface area contributed by atoms with Crippen molar-refractivity contribution in [1.82, 2.24) is 0 Å². The van der Waals surface area contributed by atoms with E-state index in [9.17, 15) is 0 Å². The summed E-state index contributed by atoms with van der Waals surface area (Å²) >= 11 is 0. The molecule has 0 amide bonds. The van der Waals surface area contributed by atoms with Gasteiger partial charge in [-0.25, -0.2) is 0 Å². The molecule has 4 nitrogen and oxygen atoms in total. The second kappa shape index (κ2) is 3.18. The van der Waals surface area contributed by atoms with E-state index in [1.165, 1.54) is 0 Å². The van der Waals surface area contributed by atoms with E-state index in [-0.39, 0.29) is 5.60 Å². The molecule has 1 aliphatic carbocycles. The van der Waals surface area contributed by atoms with Gasteiger partial charge >= 0.3 is 0 Å². The first-order valence-electron chi connectivity index (χ1n) is 4.79. The van der Waals surface area contributed by atoms with Gasteiger partial charge < -0.3 is 15.3 Å². The van der Waals surface area contributed by atoms with Crippen molar-refractivity contribution in [3.05, 3.63) is 0 Å². The Kier molecular flexibility index (Phi) is 2.15. The van der Waals surface area contributed by atoms with Gasteiger partial charge in [-0.15, -0.1) is 0 Å². The summed E-state index contributed by atoms with van der Waals surface area (Å²) in [4.78, 5) is 5.44. The van der Waals surface area contributed by atoms with Crippen LogP contribution in [0.1, 0.15) is 32.1 Å². The number of rotatable bonds is 0. The van der Waals surface area contributed by atoms with Gasteiger partial charge in [-0.05, 0) is 25.7 Å². The van der Waals surface area contributed by atoms with E-state index in [1.807, 2.05) is 0 Å². The molecule has 1 heterocycles. The van der Waals surface area contributed by atoms with Crippen LogP contribution in [0.25, 0.3) is 0 Å². The van der Waals surface area contributed by atoms with Crippen LogP contribution < -0.4 is 5.73 Å². The average molecular weight is 184 g/mol. The monoisotopic (exact) mass is 184 g/mol. The molecule has 0 unspecified atom stereocenters. The number of hydrogen-bond acceptors (Lipinski definition) is 4. The lowest BCUT2D eigenvalue weighted by Crippen LogP contribution is -2.39. The fraction of sp³-hybridized carbons (Fsp3) is 0.889. The van der Waals surface area contributed by atoms with Gasteiger partial charge in [0, 0.05) is 6.04 Å². The van der Waals surface area contributed by atoms with Crippen LogP contribution in [0.3, 0.4) is 0 Å². The lowest BCUT2D eigenvalue weighted by Gasteiger charge is -2.32. The Balaban J connectivity index is 1.94. The minimum Gasteiger partial charge on any atom is -0.482 e. The smallest absolute Gasteiger partial charge is 0.229 e. The van der Waals surface area contributed by atoms with Crippen LogP contribution in [0.4, 0.5) is 0 Å². The van der Waals surface area contributed by atoms with Crippen LogP contribution in [0.15, 0.2) is 5.16 Å². The maximum atomic E-state index is 5.83. The van der Waals surface area contributed by atoms with Crippen molar-refractivity contribution < 1.29 is 9.57 Å². The van der Waals surface area contributed by atoms with E-state index in [2.05, 4.69) is 5.16 Å². The lowest BCUT2D eigenvalue weighted by atomic mass is 9.81. The zero-order chi connectivity index (χ0) is 9.31. The highest BCUT2D eigenvalue weighted by molar-refractivity contribution is 5.77. The summed E-state index contributed by atoms with van der Waals surface area (Å²) in [5.74, 6) is 0.718. The van der Waals surface area contributed by atoms with Crippen molar-refractivity contribution >= 4 is 5.90 Å². The molecule has 74 valence electrons. The molecular formula is C9H16N2O2. The second-order valence-electron chi connectivity index (χ2n) is 3.98. The summed E-state index contributed by atoms with van der Waals surface area (Å²) in [7, 11) is 1.63. The van der Waals surface area contributed by atoms with Crippen molar-refractivity contribution in [3.63, 3.8) is 0 Å². The van der Waals surface area contributed by atoms with E-state index in [0.29, 0.717) is 6.04 Å². The van der Waals surface area contributed by atoms with Crippen molar-refractivity contribution in [1.29, 1.82) is 0 Å². The number of oxime groups is 1. The molecule has 13 heavy (non-hydrogen) atoms. The van der Waals surface area contributed by atoms with Gasteiger partial charge in [0.05, 0.1) is 13.5 Å². The van der Waals surface area contributed by atoms with E-state index in [4.69, 9.17) is 15.3 Å². The minimum atomic E-state index is -0.0821. The number of nitrogens with two attached hydrogens (primary N) is 1. The Labute approximate surface area is 78.1 Å². The molecule has 1 saturated carbocycles. The highest BCUT2D eigenvalue weighted by Gasteiger charge is 2.42. The summed E-state index contributed by atoms with van der Waals surface area (Å²) in [5.41, 5.74) is 5.75. The third-order valence-corrected chi connectivity index (χ3v) is 2.99. The SMILES string of the molecule is COC1=NOC2(CCC(N)CC2)C1. The van der Waals surface area contributed by atoms with Gasteiger partial charge in [0.2, 0.25) is 5.90 Å². The van der Waals surface area contributed by atoms with Crippen molar-refractivity contribution in [2.24, 2.45) is 10.9 Å². The van der Waals surface area contributed by atoms with Crippen LogP contribution in [0.5, 0.6) is 0 Å². The number of hydrogen-bond donors (Lipinski definition) is 1. The van der Waals surface area contributed by atoms with Gasteiger partial charge in [0.15, 0.2) is 0 Å². The van der Waals surface area contributed by atoms with Gasteiger partial charge in [-0.1, -0.05) is 5.16 Å². The van der Waals surface area contributed by atoms with Crippen molar-refractivity contribution in [2.75, 3.05) is 7.11 Å². The molecule has 1 aliphatic heterocycles. The third kappa shape index (κ3) is 1.63. The average Bonchev–Trinajstić information content (AvgIpc) is 2.55. The molecule has 0 bridgehead atoms. The van der Waals surface area contributed by atoms with Crippen LogP contribution >= 0.6 is 0 Å². The summed E-state index contributed by atoms with van der Waals surface area (Å²) in [6.45, 7) is 0.